The molecule has 0 aliphatic heterocycles. The van der Waals surface area contributed by atoms with Crippen LogP contribution in [0.4, 0.5) is 0 Å². The van der Waals surface area contributed by atoms with Crippen LogP contribution in [0, 0.1) is 0 Å². The molecule has 0 saturated carbocycles. The number of nitrogens with zero attached hydrogens (tertiary/aromatic N) is 2. The second-order valence-corrected chi connectivity index (χ2v) is 3.33. The Kier molecular flexibility index (Phi) is 3.34. The molecule has 0 radical (unpaired) electrons. The zero-order valence-electron chi connectivity index (χ0n) is 7.33. The van der Waals surface area contributed by atoms with Gasteiger partial charge in [-0.05, 0) is 24.4 Å². The highest BCUT2D eigenvalue weighted by atomic mass is 32.1. The van der Waals surface area contributed by atoms with Gasteiger partial charge in [-0.3, -0.25) is 4.79 Å². The summed E-state index contributed by atoms with van der Waals surface area (Å²) in [7, 11) is 0. The van der Waals surface area contributed by atoms with Crippen LogP contribution >= 0.6 is 11.5 Å². The Morgan fingerprint density at radius 1 is 1.50 bits per heavy atom. The van der Waals surface area contributed by atoms with E-state index < -0.39 is 0 Å². The fourth-order valence-corrected chi connectivity index (χ4v) is 1.71. The predicted molar refractivity (Wildman–Crippen MR) is 48.5 cm³/mol. The minimum atomic E-state index is 0.185. The third kappa shape index (κ3) is 1.88. The van der Waals surface area contributed by atoms with Gasteiger partial charge in [0.25, 0.3) is 0 Å². The first-order valence-electron chi connectivity index (χ1n) is 4.14. The van der Waals surface area contributed by atoms with Crippen LogP contribution in [0.3, 0.4) is 0 Å². The van der Waals surface area contributed by atoms with Gasteiger partial charge in [0.1, 0.15) is 4.88 Å². The van der Waals surface area contributed by atoms with Crippen molar-refractivity contribution in [2.75, 3.05) is 0 Å². The van der Waals surface area contributed by atoms with Crippen molar-refractivity contribution in [3.63, 3.8) is 0 Å². The molecule has 12 heavy (non-hydrogen) atoms. The van der Waals surface area contributed by atoms with Gasteiger partial charge in [0.15, 0.2) is 5.78 Å². The predicted octanol–water partition coefficient (Wildman–Crippen LogP) is 2.08. The maximum Gasteiger partial charge on any atom is 0.176 e. The molecular formula is C8H12N2OS. The lowest BCUT2D eigenvalue weighted by Crippen LogP contribution is -1.99. The van der Waals surface area contributed by atoms with Crippen molar-refractivity contribution in [2.45, 2.75) is 33.1 Å². The lowest BCUT2D eigenvalue weighted by atomic mass is 10.1. The Morgan fingerprint density at radius 3 is 2.83 bits per heavy atom. The first-order chi connectivity index (χ1) is 5.79. The molecule has 0 bridgehead atoms. The molecule has 0 amide bonds. The minimum Gasteiger partial charge on any atom is -0.293 e. The highest BCUT2D eigenvalue weighted by Gasteiger charge is 2.13. The molecule has 1 aromatic rings. The Labute approximate surface area is 76.0 Å². The summed E-state index contributed by atoms with van der Waals surface area (Å²) < 4.78 is 3.77. The molecule has 4 heteroatoms. The quantitative estimate of drug-likeness (QED) is 0.673. The number of Topliss-reactive ketones (excluding diaryl/α,β-unsaturated/α-hetero) is 1. The lowest BCUT2D eigenvalue weighted by Gasteiger charge is -1.94. The maximum absolute atomic E-state index is 11.4. The monoisotopic (exact) mass is 184 g/mol. The third-order valence-corrected chi connectivity index (χ3v) is 2.43. The van der Waals surface area contributed by atoms with Gasteiger partial charge in [-0.15, -0.1) is 5.10 Å². The third-order valence-electron chi connectivity index (χ3n) is 1.62. The second kappa shape index (κ2) is 4.30. The van der Waals surface area contributed by atoms with Crippen LogP contribution in [0.15, 0.2) is 0 Å². The Bertz CT molecular complexity index is 270. The number of hydrogen-bond acceptors (Lipinski definition) is 4. The average Bonchev–Trinajstić information content (AvgIpc) is 2.51. The molecule has 0 atom stereocenters. The Hall–Kier alpha value is -0.770. The smallest absolute Gasteiger partial charge is 0.176 e. The molecular weight excluding hydrogens is 172 g/mol. The van der Waals surface area contributed by atoms with Crippen LogP contribution in [-0.4, -0.2) is 15.4 Å². The van der Waals surface area contributed by atoms with E-state index >= 15 is 0 Å². The molecule has 1 heterocycles. The van der Waals surface area contributed by atoms with Crippen LogP contribution in [0.5, 0.6) is 0 Å². The second-order valence-electron chi connectivity index (χ2n) is 2.58. The fraction of sp³-hybridized carbons (Fsp3) is 0.625. The SMILES string of the molecule is CCCC(=O)c1snnc1CC. The van der Waals surface area contributed by atoms with Crippen molar-refractivity contribution in [3.8, 4) is 0 Å². The van der Waals surface area contributed by atoms with Crippen LogP contribution in [-0.2, 0) is 6.42 Å². The number of aryl methyl sites for hydroxylation is 1. The van der Waals surface area contributed by atoms with Crippen molar-refractivity contribution >= 4 is 17.3 Å². The summed E-state index contributed by atoms with van der Waals surface area (Å²) in [6.45, 7) is 3.98. The van der Waals surface area contributed by atoms with Gasteiger partial charge in [-0.2, -0.15) is 0 Å². The van der Waals surface area contributed by atoms with Crippen molar-refractivity contribution in [2.24, 2.45) is 0 Å². The molecule has 0 aromatic carbocycles. The van der Waals surface area contributed by atoms with Crippen LogP contribution in [0.25, 0.3) is 0 Å². The van der Waals surface area contributed by atoms with Crippen LogP contribution < -0.4 is 0 Å². The summed E-state index contributed by atoms with van der Waals surface area (Å²) in [5.41, 5.74) is 0.846. The topological polar surface area (TPSA) is 42.9 Å². The first kappa shape index (κ1) is 9.32. The average molecular weight is 184 g/mol. The van der Waals surface area contributed by atoms with E-state index in [1.807, 2.05) is 13.8 Å². The number of rotatable bonds is 4. The highest BCUT2D eigenvalue weighted by Crippen LogP contribution is 2.14. The molecule has 0 fully saturated rings. The summed E-state index contributed by atoms with van der Waals surface area (Å²) in [5, 5.41) is 3.89. The number of carbonyl (C=O) groups excluding carboxylic acids is 1. The summed E-state index contributed by atoms with van der Waals surface area (Å²) in [5.74, 6) is 0.185. The van der Waals surface area contributed by atoms with Crippen molar-refractivity contribution in [1.82, 2.24) is 9.59 Å². The zero-order chi connectivity index (χ0) is 8.97. The van der Waals surface area contributed by atoms with Crippen molar-refractivity contribution < 1.29 is 4.79 Å². The summed E-state index contributed by atoms with van der Waals surface area (Å²) in [6, 6.07) is 0. The normalized spacial score (nSPS) is 10.2. The molecule has 66 valence electrons. The van der Waals surface area contributed by atoms with Gasteiger partial charge in [0.05, 0.1) is 5.69 Å². The summed E-state index contributed by atoms with van der Waals surface area (Å²) >= 11 is 1.21. The molecule has 0 saturated heterocycles. The lowest BCUT2D eigenvalue weighted by molar-refractivity contribution is 0.0984. The van der Waals surface area contributed by atoms with Crippen LogP contribution in [0.2, 0.25) is 0 Å². The van der Waals surface area contributed by atoms with Gasteiger partial charge in [0, 0.05) is 6.42 Å². The standard InChI is InChI=1S/C8H12N2OS/c1-3-5-7(11)8-6(4-2)9-10-12-8/h3-5H2,1-2H3. The molecule has 0 aliphatic carbocycles. The van der Waals surface area contributed by atoms with E-state index in [2.05, 4.69) is 9.59 Å². The Balaban J connectivity index is 2.79. The largest absolute Gasteiger partial charge is 0.293 e. The van der Waals surface area contributed by atoms with E-state index in [1.165, 1.54) is 11.5 Å². The first-order valence-corrected chi connectivity index (χ1v) is 4.91. The minimum absolute atomic E-state index is 0.185. The molecule has 1 rings (SSSR count). The van der Waals surface area contributed by atoms with Gasteiger partial charge in [0.2, 0.25) is 0 Å². The number of ketones is 1. The van der Waals surface area contributed by atoms with E-state index in [0.29, 0.717) is 6.42 Å². The molecule has 0 spiro atoms. The molecule has 0 aliphatic rings. The van der Waals surface area contributed by atoms with Gasteiger partial charge in [-0.1, -0.05) is 18.3 Å². The highest BCUT2D eigenvalue weighted by molar-refractivity contribution is 7.08. The van der Waals surface area contributed by atoms with Crippen molar-refractivity contribution in [3.05, 3.63) is 10.6 Å². The zero-order valence-corrected chi connectivity index (χ0v) is 8.15. The number of aromatic nitrogens is 2. The fourth-order valence-electron chi connectivity index (χ4n) is 0.992. The van der Waals surface area contributed by atoms with E-state index in [1.54, 1.807) is 0 Å². The van der Waals surface area contributed by atoms with E-state index in [9.17, 15) is 4.79 Å². The van der Waals surface area contributed by atoms with Gasteiger partial charge < -0.3 is 0 Å². The summed E-state index contributed by atoms with van der Waals surface area (Å²) in [4.78, 5) is 12.2. The molecule has 1 aromatic heterocycles. The molecule has 3 nitrogen and oxygen atoms in total. The number of hydrogen-bond donors (Lipinski definition) is 0. The van der Waals surface area contributed by atoms with Gasteiger partial charge in [-0.25, -0.2) is 0 Å². The maximum atomic E-state index is 11.4. The molecule has 0 unspecified atom stereocenters. The van der Waals surface area contributed by atoms with E-state index in [-0.39, 0.29) is 5.78 Å². The van der Waals surface area contributed by atoms with Crippen LogP contribution in [0.1, 0.15) is 42.1 Å². The molecule has 0 N–H and O–H groups in total. The van der Waals surface area contributed by atoms with E-state index in [0.717, 1.165) is 23.4 Å². The van der Waals surface area contributed by atoms with Gasteiger partial charge >= 0.3 is 0 Å². The summed E-state index contributed by atoms with van der Waals surface area (Å²) in [6.07, 6.45) is 2.29. The van der Waals surface area contributed by atoms with Crippen molar-refractivity contribution in [1.29, 1.82) is 0 Å². The van der Waals surface area contributed by atoms with E-state index in [4.69, 9.17) is 0 Å². The Morgan fingerprint density at radius 2 is 2.25 bits per heavy atom. The number of carbonyl (C=O) groups is 1.